The lowest BCUT2D eigenvalue weighted by atomic mass is 10.1. The van der Waals surface area contributed by atoms with E-state index < -0.39 is 0 Å². The van der Waals surface area contributed by atoms with Crippen molar-refractivity contribution in [3.05, 3.63) is 29.6 Å². The molecule has 0 saturated heterocycles. The summed E-state index contributed by atoms with van der Waals surface area (Å²) in [5.74, 6) is -0.120. The van der Waals surface area contributed by atoms with Crippen molar-refractivity contribution in [2.45, 2.75) is 32.4 Å². The first-order valence-corrected chi connectivity index (χ1v) is 5.82. The molecule has 96 valence electrons. The van der Waals surface area contributed by atoms with Gasteiger partial charge in [-0.1, -0.05) is 13.0 Å². The summed E-state index contributed by atoms with van der Waals surface area (Å²) in [5.41, 5.74) is 0.843. The molecule has 2 N–H and O–H groups in total. The Morgan fingerprint density at radius 1 is 1.47 bits per heavy atom. The second kappa shape index (κ2) is 6.57. The molecule has 0 aliphatic rings. The van der Waals surface area contributed by atoms with Crippen LogP contribution in [0.3, 0.4) is 0 Å². The molecule has 0 amide bonds. The molecule has 0 saturated carbocycles. The van der Waals surface area contributed by atoms with Crippen molar-refractivity contribution < 1.29 is 14.2 Å². The first-order chi connectivity index (χ1) is 8.12. The van der Waals surface area contributed by atoms with E-state index in [1.807, 2.05) is 19.9 Å². The van der Waals surface area contributed by atoms with Gasteiger partial charge in [-0.3, -0.25) is 0 Å². The molecule has 0 heterocycles. The van der Waals surface area contributed by atoms with E-state index in [0.717, 1.165) is 12.0 Å². The molecule has 0 bridgehead atoms. The maximum absolute atomic E-state index is 13.5. The molecule has 0 spiro atoms. The molecule has 1 rings (SSSR count). The highest BCUT2D eigenvalue weighted by atomic mass is 19.1. The van der Waals surface area contributed by atoms with Crippen LogP contribution in [0.4, 0.5) is 4.39 Å². The van der Waals surface area contributed by atoms with Gasteiger partial charge in [0.15, 0.2) is 11.6 Å². The quantitative estimate of drug-likeness (QED) is 0.802. The number of hydrogen-bond acceptors (Lipinski definition) is 3. The van der Waals surface area contributed by atoms with E-state index in [2.05, 4.69) is 5.32 Å². The maximum Gasteiger partial charge on any atom is 0.165 e. The highest BCUT2D eigenvalue weighted by Crippen LogP contribution is 2.22. The van der Waals surface area contributed by atoms with E-state index in [1.165, 1.54) is 13.2 Å². The number of benzene rings is 1. The minimum atomic E-state index is -0.365. The van der Waals surface area contributed by atoms with E-state index in [1.54, 1.807) is 6.07 Å². The highest BCUT2D eigenvalue weighted by molar-refractivity contribution is 5.30. The van der Waals surface area contributed by atoms with Gasteiger partial charge in [-0.15, -0.1) is 0 Å². The summed E-state index contributed by atoms with van der Waals surface area (Å²) >= 11 is 0. The summed E-state index contributed by atoms with van der Waals surface area (Å²) in [4.78, 5) is 0. The fraction of sp³-hybridized carbons (Fsp3) is 0.538. The van der Waals surface area contributed by atoms with Crippen LogP contribution in [0.5, 0.6) is 5.75 Å². The van der Waals surface area contributed by atoms with Crippen LogP contribution in [-0.2, 0) is 0 Å². The van der Waals surface area contributed by atoms with Crippen molar-refractivity contribution in [3.63, 3.8) is 0 Å². The van der Waals surface area contributed by atoms with Gasteiger partial charge in [0, 0.05) is 12.1 Å². The predicted octanol–water partition coefficient (Wildman–Crippen LogP) is 2.26. The number of aliphatic hydroxyl groups is 1. The maximum atomic E-state index is 13.5. The molecular formula is C13H20FNO2. The minimum Gasteiger partial charge on any atom is -0.494 e. The smallest absolute Gasteiger partial charge is 0.165 e. The lowest BCUT2D eigenvalue weighted by Gasteiger charge is -2.21. The van der Waals surface area contributed by atoms with Crippen molar-refractivity contribution >= 4 is 0 Å². The fourth-order valence-electron chi connectivity index (χ4n) is 1.70. The molecule has 1 aromatic rings. The summed E-state index contributed by atoms with van der Waals surface area (Å²) in [7, 11) is 1.44. The van der Waals surface area contributed by atoms with E-state index in [0.29, 0.717) is 0 Å². The standard InChI is InChI=1S/C13H20FNO2/c1-4-11(8-16)15-9(2)10-5-6-13(17-3)12(14)7-10/h5-7,9,11,15-16H,4,8H2,1-3H3/t9?,11-/m0/s1. The minimum absolute atomic E-state index is 0.00694. The van der Waals surface area contributed by atoms with Crippen molar-refractivity contribution in [2.75, 3.05) is 13.7 Å². The van der Waals surface area contributed by atoms with E-state index in [-0.39, 0.29) is 30.3 Å². The molecule has 0 aromatic heterocycles. The zero-order valence-electron chi connectivity index (χ0n) is 10.5. The normalized spacial score (nSPS) is 14.4. The summed E-state index contributed by atoms with van der Waals surface area (Å²) < 4.78 is 18.4. The molecule has 3 nitrogen and oxygen atoms in total. The molecule has 1 aromatic carbocycles. The largest absolute Gasteiger partial charge is 0.494 e. The van der Waals surface area contributed by atoms with Crippen LogP contribution >= 0.6 is 0 Å². The van der Waals surface area contributed by atoms with E-state index >= 15 is 0 Å². The first kappa shape index (κ1) is 13.9. The van der Waals surface area contributed by atoms with E-state index in [9.17, 15) is 4.39 Å². The van der Waals surface area contributed by atoms with Crippen LogP contribution in [0.1, 0.15) is 31.9 Å². The van der Waals surface area contributed by atoms with Gasteiger partial charge < -0.3 is 15.2 Å². The van der Waals surface area contributed by atoms with Gasteiger partial charge >= 0.3 is 0 Å². The number of halogens is 1. The third-order valence-corrected chi connectivity index (χ3v) is 2.87. The summed E-state index contributed by atoms with van der Waals surface area (Å²) in [5, 5.41) is 12.3. The Hall–Kier alpha value is -1.13. The van der Waals surface area contributed by atoms with Gasteiger partial charge in [0.1, 0.15) is 0 Å². The van der Waals surface area contributed by atoms with Crippen LogP contribution in [0.15, 0.2) is 18.2 Å². The lowest BCUT2D eigenvalue weighted by Crippen LogP contribution is -2.33. The molecule has 17 heavy (non-hydrogen) atoms. The number of hydrogen-bond donors (Lipinski definition) is 2. The Labute approximate surface area is 102 Å². The average molecular weight is 241 g/mol. The third-order valence-electron chi connectivity index (χ3n) is 2.87. The second-order valence-electron chi connectivity index (χ2n) is 4.07. The van der Waals surface area contributed by atoms with Gasteiger partial charge in [0.25, 0.3) is 0 Å². The Morgan fingerprint density at radius 2 is 2.18 bits per heavy atom. The van der Waals surface area contributed by atoms with Gasteiger partial charge in [-0.05, 0) is 31.0 Å². The van der Waals surface area contributed by atoms with Crippen molar-refractivity contribution in [1.82, 2.24) is 5.32 Å². The molecule has 1 unspecified atom stereocenters. The lowest BCUT2D eigenvalue weighted by molar-refractivity contribution is 0.230. The molecule has 0 fully saturated rings. The monoisotopic (exact) mass is 241 g/mol. The van der Waals surface area contributed by atoms with Gasteiger partial charge in [-0.2, -0.15) is 0 Å². The van der Waals surface area contributed by atoms with Crippen LogP contribution in [0.25, 0.3) is 0 Å². The SMILES string of the molecule is CC[C@@H](CO)NC(C)c1ccc(OC)c(F)c1. The Bertz CT molecular complexity index is 353. The van der Waals surface area contributed by atoms with E-state index in [4.69, 9.17) is 9.84 Å². The average Bonchev–Trinajstić information content (AvgIpc) is 2.35. The van der Waals surface area contributed by atoms with Crippen molar-refractivity contribution in [3.8, 4) is 5.75 Å². The topological polar surface area (TPSA) is 41.5 Å². The Balaban J connectivity index is 2.75. The molecule has 0 aliphatic carbocycles. The number of rotatable bonds is 6. The summed E-state index contributed by atoms with van der Waals surface area (Å²) in [6.45, 7) is 4.02. The number of nitrogens with one attached hydrogen (secondary N) is 1. The third kappa shape index (κ3) is 3.68. The highest BCUT2D eigenvalue weighted by Gasteiger charge is 2.13. The molecular weight excluding hydrogens is 221 g/mol. The number of ether oxygens (including phenoxy) is 1. The zero-order valence-corrected chi connectivity index (χ0v) is 10.5. The first-order valence-electron chi connectivity index (χ1n) is 5.82. The van der Waals surface area contributed by atoms with Gasteiger partial charge in [0.2, 0.25) is 0 Å². The van der Waals surface area contributed by atoms with Crippen LogP contribution in [-0.4, -0.2) is 24.9 Å². The molecule has 0 aliphatic heterocycles. The van der Waals surface area contributed by atoms with Crippen LogP contribution in [0, 0.1) is 5.82 Å². The summed E-state index contributed by atoms with van der Waals surface area (Å²) in [6.07, 6.45) is 0.833. The van der Waals surface area contributed by atoms with Gasteiger partial charge in [0.05, 0.1) is 13.7 Å². The predicted molar refractivity (Wildman–Crippen MR) is 65.7 cm³/mol. The van der Waals surface area contributed by atoms with Crippen LogP contribution < -0.4 is 10.1 Å². The fourth-order valence-corrected chi connectivity index (χ4v) is 1.70. The Kier molecular flexibility index (Phi) is 5.38. The molecule has 4 heteroatoms. The zero-order chi connectivity index (χ0) is 12.8. The number of methoxy groups -OCH3 is 1. The van der Waals surface area contributed by atoms with Crippen LogP contribution in [0.2, 0.25) is 0 Å². The van der Waals surface area contributed by atoms with Crippen molar-refractivity contribution in [2.24, 2.45) is 0 Å². The molecule has 0 radical (unpaired) electrons. The second-order valence-corrected chi connectivity index (χ2v) is 4.07. The Morgan fingerprint density at radius 3 is 2.65 bits per heavy atom. The van der Waals surface area contributed by atoms with Crippen molar-refractivity contribution in [1.29, 1.82) is 0 Å². The molecule has 2 atom stereocenters. The van der Waals surface area contributed by atoms with Gasteiger partial charge in [-0.25, -0.2) is 4.39 Å². The number of aliphatic hydroxyl groups excluding tert-OH is 1. The summed E-state index contributed by atoms with van der Waals surface area (Å²) in [6, 6.07) is 4.93.